The Morgan fingerprint density at radius 2 is 1.96 bits per heavy atom. The minimum Gasteiger partial charge on any atom is -0.486 e. The molecule has 1 amide bonds. The van der Waals surface area contributed by atoms with Gasteiger partial charge in [0.1, 0.15) is 18.3 Å². The van der Waals surface area contributed by atoms with Crippen LogP contribution in [0.1, 0.15) is 26.7 Å². The fourth-order valence-electron chi connectivity index (χ4n) is 4.13. The third-order valence-corrected chi connectivity index (χ3v) is 5.91. The molecule has 0 bridgehead atoms. The first-order valence-corrected chi connectivity index (χ1v) is 9.19. The first-order valence-electron chi connectivity index (χ1n) is 9.19. The van der Waals surface area contributed by atoms with Crippen LogP contribution in [-0.4, -0.2) is 65.7 Å². The smallest absolute Gasteiger partial charge is 0.408 e. The highest BCUT2D eigenvalue weighted by molar-refractivity contribution is 5.72. The number of likely N-dealkylation sites (tertiary alicyclic amines) is 1. The molecule has 2 fully saturated rings. The van der Waals surface area contributed by atoms with Crippen LogP contribution in [-0.2, 0) is 4.74 Å². The van der Waals surface area contributed by atoms with Crippen molar-refractivity contribution in [2.24, 2.45) is 0 Å². The van der Waals surface area contributed by atoms with Gasteiger partial charge in [-0.25, -0.2) is 4.79 Å². The molecule has 7 nitrogen and oxygen atoms in total. The first-order chi connectivity index (χ1) is 12.4. The third kappa shape index (κ3) is 2.99. The van der Waals surface area contributed by atoms with E-state index in [1.165, 1.54) is 0 Å². The first kappa shape index (κ1) is 17.4. The highest BCUT2D eigenvalue weighted by atomic mass is 16.6. The number of nitrogens with zero attached hydrogens (tertiary/aromatic N) is 1. The summed E-state index contributed by atoms with van der Waals surface area (Å²) in [4.78, 5) is 13.9. The number of hydrogen-bond acceptors (Lipinski definition) is 6. The molecule has 2 N–H and O–H groups in total. The van der Waals surface area contributed by atoms with Gasteiger partial charge in [0.25, 0.3) is 0 Å². The molecule has 4 rings (SSSR count). The molecule has 142 valence electrons. The number of ether oxygens (including phenoxy) is 3. The lowest BCUT2D eigenvalue weighted by Crippen LogP contribution is -2.59. The standard InChI is InChI=1S/C19H26N2O5/c1-18(2)19(26-17(23)20-18)7-9-21(10-8-19)11-13(22)16-12-24-14-5-3-4-6-15(14)25-16/h3-6,13,16,22H,7-12H2,1-2H3,(H,20,23). The molecule has 7 heteroatoms. The van der Waals surface area contributed by atoms with Gasteiger partial charge in [-0.05, 0) is 26.0 Å². The van der Waals surface area contributed by atoms with Gasteiger partial charge in [-0.3, -0.25) is 0 Å². The van der Waals surface area contributed by atoms with E-state index in [9.17, 15) is 9.90 Å². The Morgan fingerprint density at radius 1 is 1.27 bits per heavy atom. The van der Waals surface area contributed by atoms with Crippen molar-refractivity contribution in [3.8, 4) is 11.5 Å². The monoisotopic (exact) mass is 362 g/mol. The molecule has 1 spiro atoms. The van der Waals surface area contributed by atoms with Gasteiger partial charge in [-0.1, -0.05) is 12.1 Å². The summed E-state index contributed by atoms with van der Waals surface area (Å²) in [5, 5.41) is 13.5. The Hall–Kier alpha value is -1.99. The Bertz CT molecular complexity index is 684. The number of carbonyl (C=O) groups is 1. The number of fused-ring (bicyclic) bond motifs is 1. The summed E-state index contributed by atoms with van der Waals surface area (Å²) in [6.45, 7) is 6.39. The second-order valence-electron chi connectivity index (χ2n) is 7.92. The molecule has 1 aromatic rings. The lowest BCUT2D eigenvalue weighted by Gasteiger charge is -2.44. The summed E-state index contributed by atoms with van der Waals surface area (Å²) in [6.07, 6.45) is 0.125. The second kappa shape index (κ2) is 6.32. The lowest BCUT2D eigenvalue weighted by molar-refractivity contribution is -0.0627. The van der Waals surface area contributed by atoms with Gasteiger partial charge in [0.15, 0.2) is 17.6 Å². The minimum absolute atomic E-state index is 0.338. The number of aliphatic hydroxyl groups is 1. The summed E-state index contributed by atoms with van der Waals surface area (Å²) in [7, 11) is 0. The van der Waals surface area contributed by atoms with E-state index in [2.05, 4.69) is 10.2 Å². The molecule has 1 aromatic carbocycles. The fraction of sp³-hybridized carbons (Fsp3) is 0.632. The zero-order valence-corrected chi connectivity index (χ0v) is 15.2. The number of β-amino-alcohol motifs (C(OH)–C–C–N with tert-alkyl or cyclic N) is 1. The maximum absolute atomic E-state index is 11.7. The van der Waals surface area contributed by atoms with Crippen LogP contribution in [0.4, 0.5) is 4.79 Å². The zero-order chi connectivity index (χ0) is 18.4. The molecule has 2 atom stereocenters. The van der Waals surface area contributed by atoms with Crippen LogP contribution in [0.25, 0.3) is 0 Å². The average molecular weight is 362 g/mol. The number of piperidine rings is 1. The van der Waals surface area contributed by atoms with Crippen LogP contribution in [0.15, 0.2) is 24.3 Å². The predicted molar refractivity (Wildman–Crippen MR) is 94.5 cm³/mol. The number of para-hydroxylation sites is 2. The van der Waals surface area contributed by atoms with E-state index in [1.54, 1.807) is 0 Å². The summed E-state index contributed by atoms with van der Waals surface area (Å²) < 4.78 is 17.2. The van der Waals surface area contributed by atoms with Crippen LogP contribution in [0.2, 0.25) is 0 Å². The highest BCUT2D eigenvalue weighted by Crippen LogP contribution is 2.40. The number of nitrogens with one attached hydrogen (secondary N) is 1. The van der Waals surface area contributed by atoms with E-state index in [-0.39, 0.29) is 17.7 Å². The molecular formula is C19H26N2O5. The maximum atomic E-state index is 11.7. The Morgan fingerprint density at radius 3 is 2.62 bits per heavy atom. The molecule has 3 aliphatic heterocycles. The molecule has 0 radical (unpaired) electrons. The van der Waals surface area contributed by atoms with Crippen LogP contribution in [0.5, 0.6) is 11.5 Å². The second-order valence-corrected chi connectivity index (χ2v) is 7.92. The predicted octanol–water partition coefficient (Wildman–Crippen LogP) is 1.54. The van der Waals surface area contributed by atoms with Crippen molar-refractivity contribution in [1.29, 1.82) is 0 Å². The molecule has 2 unspecified atom stereocenters. The number of hydrogen-bond donors (Lipinski definition) is 2. The topological polar surface area (TPSA) is 80.3 Å². The van der Waals surface area contributed by atoms with Crippen molar-refractivity contribution >= 4 is 6.09 Å². The Balaban J connectivity index is 1.33. The van der Waals surface area contributed by atoms with E-state index < -0.39 is 11.7 Å². The third-order valence-electron chi connectivity index (χ3n) is 5.91. The van der Waals surface area contributed by atoms with Crippen molar-refractivity contribution in [2.45, 2.75) is 50.0 Å². The van der Waals surface area contributed by atoms with Crippen LogP contribution >= 0.6 is 0 Å². The van der Waals surface area contributed by atoms with Gasteiger partial charge in [0.05, 0.1) is 5.54 Å². The molecule has 0 aliphatic carbocycles. The van der Waals surface area contributed by atoms with Crippen molar-refractivity contribution < 1.29 is 24.1 Å². The normalized spacial score (nSPS) is 27.7. The fourth-order valence-corrected chi connectivity index (χ4v) is 4.13. The maximum Gasteiger partial charge on any atom is 0.408 e. The van der Waals surface area contributed by atoms with Crippen molar-refractivity contribution in [3.05, 3.63) is 24.3 Å². The van der Waals surface area contributed by atoms with Gasteiger partial charge in [0, 0.05) is 32.5 Å². The van der Waals surface area contributed by atoms with E-state index in [0.29, 0.717) is 24.7 Å². The average Bonchev–Trinajstić information content (AvgIpc) is 2.84. The van der Waals surface area contributed by atoms with Crippen molar-refractivity contribution in [3.63, 3.8) is 0 Å². The zero-order valence-electron chi connectivity index (χ0n) is 15.2. The van der Waals surface area contributed by atoms with E-state index in [1.807, 2.05) is 38.1 Å². The summed E-state index contributed by atoms with van der Waals surface area (Å²) in [6, 6.07) is 7.50. The molecule has 3 aliphatic rings. The molecule has 2 saturated heterocycles. The van der Waals surface area contributed by atoms with E-state index >= 15 is 0 Å². The quantitative estimate of drug-likeness (QED) is 0.849. The number of benzene rings is 1. The van der Waals surface area contributed by atoms with Crippen LogP contribution < -0.4 is 14.8 Å². The number of aliphatic hydroxyl groups excluding tert-OH is 1. The number of rotatable bonds is 3. The number of alkyl carbamates (subject to hydrolysis) is 1. The van der Waals surface area contributed by atoms with Crippen LogP contribution in [0.3, 0.4) is 0 Å². The SMILES string of the molecule is CC1(C)NC(=O)OC12CCN(CC(O)C1COc3ccccc3O1)CC2. The van der Waals surface area contributed by atoms with E-state index in [0.717, 1.165) is 25.9 Å². The Labute approximate surface area is 153 Å². The van der Waals surface area contributed by atoms with Gasteiger partial charge >= 0.3 is 6.09 Å². The number of amides is 1. The largest absolute Gasteiger partial charge is 0.486 e. The summed E-state index contributed by atoms with van der Waals surface area (Å²) >= 11 is 0. The summed E-state index contributed by atoms with van der Waals surface area (Å²) in [5.74, 6) is 1.39. The molecule has 0 aromatic heterocycles. The van der Waals surface area contributed by atoms with Gasteiger partial charge in [0.2, 0.25) is 0 Å². The van der Waals surface area contributed by atoms with E-state index in [4.69, 9.17) is 14.2 Å². The van der Waals surface area contributed by atoms with Crippen molar-refractivity contribution in [2.75, 3.05) is 26.2 Å². The Kier molecular flexibility index (Phi) is 4.23. The number of carbonyl (C=O) groups excluding carboxylic acids is 1. The lowest BCUT2D eigenvalue weighted by atomic mass is 9.76. The van der Waals surface area contributed by atoms with Gasteiger partial charge in [-0.2, -0.15) is 0 Å². The molecular weight excluding hydrogens is 336 g/mol. The van der Waals surface area contributed by atoms with Crippen molar-refractivity contribution in [1.82, 2.24) is 10.2 Å². The molecule has 3 heterocycles. The highest BCUT2D eigenvalue weighted by Gasteiger charge is 2.55. The van der Waals surface area contributed by atoms with Gasteiger partial charge in [-0.15, -0.1) is 0 Å². The summed E-state index contributed by atoms with van der Waals surface area (Å²) in [5.41, 5.74) is -0.840. The van der Waals surface area contributed by atoms with Gasteiger partial charge < -0.3 is 29.5 Å². The van der Waals surface area contributed by atoms with Crippen LogP contribution in [0, 0.1) is 0 Å². The minimum atomic E-state index is -0.644. The molecule has 26 heavy (non-hydrogen) atoms. The molecule has 0 saturated carbocycles.